The maximum atomic E-state index is 12.3. The molecule has 1 N–H and O–H groups in total. The highest BCUT2D eigenvalue weighted by Gasteiger charge is 2.25. The predicted molar refractivity (Wildman–Crippen MR) is 131 cm³/mol. The topological polar surface area (TPSA) is 111 Å². The summed E-state index contributed by atoms with van der Waals surface area (Å²) in [4.78, 5) is 39.1. The van der Waals surface area contributed by atoms with Crippen LogP contribution in [0.1, 0.15) is 21.5 Å². The number of non-ortho nitro benzene ring substituents is 1. The lowest BCUT2D eigenvalue weighted by atomic mass is 10.2. The standard InChI is InChI=1S/C24H16ClN3O5S/c25-19-12-16(8-11-20(19)33-14-15-6-9-18(10-7-15)28(31)32)13-21-23(30)27-24(34-21)26-22(29)17-4-2-1-3-5-17/h1-13H,14H2,(H,26,27,29,30)/b21-13-. The number of thioether (sulfide) groups is 1. The minimum absolute atomic E-state index is 0.00521. The zero-order valence-corrected chi connectivity index (χ0v) is 19.0. The summed E-state index contributed by atoms with van der Waals surface area (Å²) < 4.78 is 5.71. The number of carbonyl (C=O) groups is 2. The number of nitrogens with one attached hydrogen (secondary N) is 1. The van der Waals surface area contributed by atoms with E-state index in [1.165, 1.54) is 12.1 Å². The van der Waals surface area contributed by atoms with E-state index in [0.717, 1.165) is 17.3 Å². The minimum Gasteiger partial charge on any atom is -0.487 e. The molecular weight excluding hydrogens is 478 g/mol. The summed E-state index contributed by atoms with van der Waals surface area (Å²) in [5.41, 5.74) is 1.86. The molecule has 1 saturated heterocycles. The number of nitro groups is 1. The predicted octanol–water partition coefficient (Wildman–Crippen LogP) is 5.23. The molecule has 0 saturated carbocycles. The highest BCUT2D eigenvalue weighted by Crippen LogP contribution is 2.30. The van der Waals surface area contributed by atoms with Gasteiger partial charge in [0.15, 0.2) is 5.17 Å². The first-order valence-corrected chi connectivity index (χ1v) is 11.1. The smallest absolute Gasteiger partial charge is 0.279 e. The lowest BCUT2D eigenvalue weighted by Gasteiger charge is -2.09. The first-order valence-electron chi connectivity index (χ1n) is 9.94. The quantitative estimate of drug-likeness (QED) is 0.286. The van der Waals surface area contributed by atoms with Crippen LogP contribution in [0.4, 0.5) is 5.69 Å². The highest BCUT2D eigenvalue weighted by molar-refractivity contribution is 8.18. The Hall–Kier alpha value is -3.95. The zero-order valence-electron chi connectivity index (χ0n) is 17.4. The Morgan fingerprint density at radius 3 is 2.53 bits per heavy atom. The van der Waals surface area contributed by atoms with Crippen LogP contribution in [-0.2, 0) is 11.4 Å². The number of ether oxygens (including phenoxy) is 1. The summed E-state index contributed by atoms with van der Waals surface area (Å²) in [5.74, 6) is -0.372. The van der Waals surface area contributed by atoms with Crippen LogP contribution in [-0.4, -0.2) is 21.9 Å². The maximum Gasteiger partial charge on any atom is 0.279 e. The van der Waals surface area contributed by atoms with Gasteiger partial charge in [0.1, 0.15) is 12.4 Å². The van der Waals surface area contributed by atoms with Gasteiger partial charge in [-0.1, -0.05) is 35.9 Å². The fourth-order valence-corrected chi connectivity index (χ4v) is 4.03. The molecule has 8 nitrogen and oxygen atoms in total. The number of nitrogens with zero attached hydrogens (tertiary/aromatic N) is 2. The van der Waals surface area contributed by atoms with Crippen LogP contribution in [0.3, 0.4) is 0 Å². The maximum absolute atomic E-state index is 12.3. The molecule has 1 aliphatic heterocycles. The Morgan fingerprint density at radius 1 is 1.12 bits per heavy atom. The van der Waals surface area contributed by atoms with Crippen LogP contribution in [0.2, 0.25) is 5.02 Å². The fraction of sp³-hybridized carbons (Fsp3) is 0.0417. The number of amidine groups is 1. The largest absolute Gasteiger partial charge is 0.487 e. The second kappa shape index (κ2) is 10.3. The SMILES string of the molecule is O=C1NC(=NC(=O)c2ccccc2)S/C1=C\c1ccc(OCc2ccc([N+](=O)[O-])cc2)c(Cl)c1. The molecule has 2 amide bonds. The van der Waals surface area contributed by atoms with Crippen LogP contribution in [0.5, 0.6) is 5.75 Å². The van der Waals surface area contributed by atoms with Gasteiger partial charge in [-0.3, -0.25) is 19.7 Å². The molecule has 10 heteroatoms. The van der Waals surface area contributed by atoms with E-state index in [4.69, 9.17) is 16.3 Å². The van der Waals surface area contributed by atoms with Gasteiger partial charge in [-0.2, -0.15) is 4.99 Å². The van der Waals surface area contributed by atoms with Crippen LogP contribution in [0.25, 0.3) is 6.08 Å². The normalized spacial score (nSPS) is 15.4. The summed E-state index contributed by atoms with van der Waals surface area (Å²) in [7, 11) is 0. The van der Waals surface area contributed by atoms with Crippen molar-refractivity contribution in [3.63, 3.8) is 0 Å². The number of rotatable bonds is 6. The van der Waals surface area contributed by atoms with Crippen molar-refractivity contribution in [1.82, 2.24) is 5.32 Å². The van der Waals surface area contributed by atoms with Crippen molar-refractivity contribution >= 4 is 52.1 Å². The van der Waals surface area contributed by atoms with Crippen LogP contribution in [0.15, 0.2) is 82.7 Å². The summed E-state index contributed by atoms with van der Waals surface area (Å²) in [6.07, 6.45) is 1.64. The molecule has 0 aliphatic carbocycles. The monoisotopic (exact) mass is 493 g/mol. The molecular formula is C24H16ClN3O5S. The van der Waals surface area contributed by atoms with Gasteiger partial charge in [0, 0.05) is 17.7 Å². The van der Waals surface area contributed by atoms with Crippen molar-refractivity contribution in [2.75, 3.05) is 0 Å². The summed E-state index contributed by atoms with van der Waals surface area (Å²) >= 11 is 7.39. The third kappa shape index (κ3) is 5.69. The van der Waals surface area contributed by atoms with Crippen molar-refractivity contribution < 1.29 is 19.2 Å². The summed E-state index contributed by atoms with van der Waals surface area (Å²) in [6.45, 7) is 0.186. The van der Waals surface area contributed by atoms with Gasteiger partial charge in [-0.15, -0.1) is 0 Å². The van der Waals surface area contributed by atoms with E-state index in [2.05, 4.69) is 10.3 Å². The summed E-state index contributed by atoms with van der Waals surface area (Å²) in [5, 5.41) is 13.9. The molecule has 170 valence electrons. The molecule has 4 rings (SSSR count). The van der Waals surface area contributed by atoms with E-state index >= 15 is 0 Å². The van der Waals surface area contributed by atoms with Gasteiger partial charge in [0.25, 0.3) is 17.5 Å². The molecule has 1 heterocycles. The molecule has 3 aromatic rings. The second-order valence-corrected chi connectivity index (χ2v) is 8.49. The Bertz CT molecular complexity index is 1320. The lowest BCUT2D eigenvalue weighted by Crippen LogP contribution is -2.20. The van der Waals surface area contributed by atoms with Crippen LogP contribution >= 0.6 is 23.4 Å². The van der Waals surface area contributed by atoms with Crippen molar-refractivity contribution in [2.24, 2.45) is 4.99 Å². The molecule has 34 heavy (non-hydrogen) atoms. The van der Waals surface area contributed by atoms with Gasteiger partial charge < -0.3 is 10.1 Å². The van der Waals surface area contributed by atoms with E-state index in [9.17, 15) is 19.7 Å². The number of aliphatic imine (C=N–C) groups is 1. The number of hydrogen-bond acceptors (Lipinski definition) is 6. The van der Waals surface area contributed by atoms with Crippen LogP contribution in [0, 0.1) is 10.1 Å². The van der Waals surface area contributed by atoms with E-state index < -0.39 is 10.8 Å². The molecule has 0 bridgehead atoms. The van der Waals surface area contributed by atoms with Gasteiger partial charge in [-0.05, 0) is 65.4 Å². The van der Waals surface area contributed by atoms with Gasteiger partial charge in [-0.25, -0.2) is 0 Å². The number of halogens is 1. The zero-order chi connectivity index (χ0) is 24.1. The number of carbonyl (C=O) groups excluding carboxylic acids is 2. The molecule has 3 aromatic carbocycles. The summed E-state index contributed by atoms with van der Waals surface area (Å²) in [6, 6.07) is 19.7. The molecule has 1 fully saturated rings. The third-order valence-corrected chi connectivity index (χ3v) is 5.88. The van der Waals surface area contributed by atoms with E-state index in [1.807, 2.05) is 0 Å². The van der Waals surface area contributed by atoms with Gasteiger partial charge >= 0.3 is 0 Å². The average molecular weight is 494 g/mol. The molecule has 1 aliphatic rings. The van der Waals surface area contributed by atoms with Crippen molar-refractivity contribution in [3.8, 4) is 5.75 Å². The molecule has 0 unspecified atom stereocenters. The lowest BCUT2D eigenvalue weighted by molar-refractivity contribution is -0.384. The highest BCUT2D eigenvalue weighted by atomic mass is 35.5. The molecule has 0 radical (unpaired) electrons. The minimum atomic E-state index is -0.465. The van der Waals surface area contributed by atoms with Crippen molar-refractivity contribution in [1.29, 1.82) is 0 Å². The van der Waals surface area contributed by atoms with E-state index in [-0.39, 0.29) is 23.4 Å². The number of benzene rings is 3. The average Bonchev–Trinajstić information content (AvgIpc) is 3.17. The Morgan fingerprint density at radius 2 is 1.85 bits per heavy atom. The van der Waals surface area contributed by atoms with Crippen LogP contribution < -0.4 is 10.1 Å². The number of nitro benzene ring substituents is 1. The van der Waals surface area contributed by atoms with Gasteiger partial charge in [0.2, 0.25) is 0 Å². The van der Waals surface area contributed by atoms with E-state index in [1.54, 1.807) is 66.7 Å². The number of amides is 2. The Balaban J connectivity index is 1.41. The second-order valence-electron chi connectivity index (χ2n) is 7.05. The van der Waals surface area contributed by atoms with Crippen molar-refractivity contribution in [2.45, 2.75) is 6.61 Å². The third-order valence-electron chi connectivity index (χ3n) is 4.67. The Labute approximate surface area is 203 Å². The molecule has 0 spiro atoms. The van der Waals surface area contributed by atoms with Gasteiger partial charge in [0.05, 0.1) is 14.9 Å². The fourth-order valence-electron chi connectivity index (χ4n) is 2.97. The first-order chi connectivity index (χ1) is 16.4. The van der Waals surface area contributed by atoms with Crippen molar-refractivity contribution in [3.05, 3.63) is 110 Å². The first kappa shape index (κ1) is 23.2. The van der Waals surface area contributed by atoms with E-state index in [0.29, 0.717) is 26.8 Å². The Kier molecular flexibility index (Phi) is 7.05. The number of hydrogen-bond donors (Lipinski definition) is 1. The molecule has 0 aromatic heterocycles. The molecule has 0 atom stereocenters.